The number of fused-ring (bicyclic) bond motifs is 1. The van der Waals surface area contributed by atoms with Crippen molar-refractivity contribution in [2.45, 2.75) is 13.5 Å². The number of hydrogen-bond acceptors (Lipinski definition) is 3. The zero-order valence-corrected chi connectivity index (χ0v) is 9.15. The number of carbonyl (C=O) groups is 1. The highest BCUT2D eigenvalue weighted by molar-refractivity contribution is 9.10. The van der Waals surface area contributed by atoms with Crippen molar-refractivity contribution in [3.05, 3.63) is 23.1 Å². The lowest BCUT2D eigenvalue weighted by Gasteiger charge is -1.93. The van der Waals surface area contributed by atoms with Gasteiger partial charge in [0.05, 0.1) is 6.54 Å². The summed E-state index contributed by atoms with van der Waals surface area (Å²) in [5.41, 5.74) is 0.786. The third-order valence-electron chi connectivity index (χ3n) is 1.81. The van der Waals surface area contributed by atoms with Crippen LogP contribution >= 0.6 is 15.9 Å². The Balaban J connectivity index is 2.51. The molecule has 2 aromatic heterocycles. The summed E-state index contributed by atoms with van der Waals surface area (Å²) < 4.78 is 2.33. The molecule has 0 bridgehead atoms. The normalized spacial score (nSPS) is 10.7. The molecular formula is C9H8BrN3O. The molecule has 0 N–H and O–H groups in total. The Morgan fingerprint density at radius 1 is 1.64 bits per heavy atom. The van der Waals surface area contributed by atoms with Crippen molar-refractivity contribution in [3.63, 3.8) is 0 Å². The second kappa shape index (κ2) is 3.49. The van der Waals surface area contributed by atoms with Gasteiger partial charge in [0.15, 0.2) is 5.78 Å². The fourth-order valence-electron chi connectivity index (χ4n) is 1.27. The average Bonchev–Trinajstić information content (AvgIpc) is 2.47. The van der Waals surface area contributed by atoms with Gasteiger partial charge in [-0.1, -0.05) is 0 Å². The lowest BCUT2D eigenvalue weighted by atomic mass is 10.3. The van der Waals surface area contributed by atoms with Crippen molar-refractivity contribution in [1.82, 2.24) is 14.8 Å². The van der Waals surface area contributed by atoms with Gasteiger partial charge >= 0.3 is 0 Å². The number of nitrogens with zero attached hydrogens (tertiary/aromatic N) is 3. The summed E-state index contributed by atoms with van der Waals surface area (Å²) in [5, 5.41) is 5.22. The molecule has 0 atom stereocenters. The molecule has 2 aromatic rings. The molecule has 2 rings (SSSR count). The van der Waals surface area contributed by atoms with Crippen LogP contribution in [0.15, 0.2) is 23.1 Å². The Labute approximate surface area is 89.1 Å². The van der Waals surface area contributed by atoms with Crippen molar-refractivity contribution < 1.29 is 4.79 Å². The van der Waals surface area contributed by atoms with Crippen LogP contribution in [0.25, 0.3) is 10.9 Å². The predicted octanol–water partition coefficient (Wildman–Crippen LogP) is 1.78. The standard InChI is InChI=1S/C9H8BrN3O/c1-6(14)4-13-5-7-2-3-11-9(10)8(7)12-13/h2-3,5H,4H2,1H3. The Morgan fingerprint density at radius 3 is 3.07 bits per heavy atom. The van der Waals surface area contributed by atoms with E-state index >= 15 is 0 Å². The van der Waals surface area contributed by atoms with Gasteiger partial charge in [-0.3, -0.25) is 9.48 Å². The van der Waals surface area contributed by atoms with E-state index in [1.165, 1.54) is 0 Å². The van der Waals surface area contributed by atoms with Crippen molar-refractivity contribution in [2.24, 2.45) is 0 Å². The van der Waals surface area contributed by atoms with Crippen molar-refractivity contribution in [3.8, 4) is 0 Å². The van der Waals surface area contributed by atoms with Gasteiger partial charge in [-0.25, -0.2) is 4.98 Å². The molecule has 0 aliphatic heterocycles. The maximum Gasteiger partial charge on any atom is 0.151 e. The van der Waals surface area contributed by atoms with Gasteiger partial charge in [-0.05, 0) is 28.9 Å². The quantitative estimate of drug-likeness (QED) is 0.767. The Bertz CT molecular complexity index is 492. The molecule has 0 aromatic carbocycles. The van der Waals surface area contributed by atoms with E-state index in [1.54, 1.807) is 17.8 Å². The molecule has 72 valence electrons. The number of aromatic nitrogens is 3. The van der Waals surface area contributed by atoms with Crippen LogP contribution in [-0.4, -0.2) is 20.5 Å². The Hall–Kier alpha value is -1.23. The Kier molecular flexibility index (Phi) is 2.33. The molecule has 4 nitrogen and oxygen atoms in total. The molecule has 5 heteroatoms. The first-order valence-electron chi connectivity index (χ1n) is 4.14. The fraction of sp³-hybridized carbons (Fsp3) is 0.222. The average molecular weight is 254 g/mol. The minimum Gasteiger partial charge on any atom is -0.298 e. The number of rotatable bonds is 2. The molecule has 0 spiro atoms. The highest BCUT2D eigenvalue weighted by Crippen LogP contribution is 2.19. The van der Waals surface area contributed by atoms with Crippen LogP contribution in [0, 0.1) is 0 Å². The monoisotopic (exact) mass is 253 g/mol. The van der Waals surface area contributed by atoms with Gasteiger partial charge in [0.2, 0.25) is 0 Å². The molecular weight excluding hydrogens is 246 g/mol. The summed E-state index contributed by atoms with van der Waals surface area (Å²) in [7, 11) is 0. The predicted molar refractivity (Wildman–Crippen MR) is 55.9 cm³/mol. The van der Waals surface area contributed by atoms with Crippen LogP contribution in [0.5, 0.6) is 0 Å². The zero-order chi connectivity index (χ0) is 10.1. The molecule has 0 aliphatic rings. The molecule has 0 aliphatic carbocycles. The van der Waals surface area contributed by atoms with Gasteiger partial charge in [0.1, 0.15) is 10.1 Å². The van der Waals surface area contributed by atoms with Crippen molar-refractivity contribution in [1.29, 1.82) is 0 Å². The van der Waals surface area contributed by atoms with E-state index in [1.807, 2.05) is 12.3 Å². The third kappa shape index (κ3) is 1.68. The first-order chi connectivity index (χ1) is 6.66. The summed E-state index contributed by atoms with van der Waals surface area (Å²) in [6.45, 7) is 1.85. The van der Waals surface area contributed by atoms with E-state index in [9.17, 15) is 4.79 Å². The van der Waals surface area contributed by atoms with E-state index in [-0.39, 0.29) is 5.78 Å². The van der Waals surface area contributed by atoms with E-state index in [0.29, 0.717) is 11.1 Å². The van der Waals surface area contributed by atoms with Crippen LogP contribution in [0.4, 0.5) is 0 Å². The number of hydrogen-bond donors (Lipinski definition) is 0. The van der Waals surface area contributed by atoms with Crippen LogP contribution in [0.2, 0.25) is 0 Å². The number of ketones is 1. The number of Topliss-reactive ketones (excluding diaryl/α,β-unsaturated/α-hetero) is 1. The summed E-state index contributed by atoms with van der Waals surface area (Å²) in [6, 6.07) is 1.86. The molecule has 0 saturated carbocycles. The molecule has 0 radical (unpaired) electrons. The molecule has 0 fully saturated rings. The maximum absolute atomic E-state index is 10.9. The second-order valence-corrected chi connectivity index (χ2v) is 3.82. The topological polar surface area (TPSA) is 47.8 Å². The smallest absolute Gasteiger partial charge is 0.151 e. The highest BCUT2D eigenvalue weighted by atomic mass is 79.9. The van der Waals surface area contributed by atoms with Gasteiger partial charge in [-0.2, -0.15) is 5.10 Å². The minimum atomic E-state index is 0.0851. The number of pyridine rings is 1. The summed E-state index contributed by atoms with van der Waals surface area (Å²) >= 11 is 3.30. The van der Waals surface area contributed by atoms with Crippen molar-refractivity contribution >= 4 is 32.6 Å². The van der Waals surface area contributed by atoms with E-state index < -0.39 is 0 Å². The lowest BCUT2D eigenvalue weighted by Crippen LogP contribution is -2.05. The summed E-state index contributed by atoms with van der Waals surface area (Å²) in [6.07, 6.45) is 3.54. The first-order valence-corrected chi connectivity index (χ1v) is 4.93. The van der Waals surface area contributed by atoms with Crippen LogP contribution in [0.3, 0.4) is 0 Å². The van der Waals surface area contributed by atoms with Gasteiger partial charge in [0.25, 0.3) is 0 Å². The molecule has 0 unspecified atom stereocenters. The third-order valence-corrected chi connectivity index (χ3v) is 2.39. The number of halogens is 1. The lowest BCUT2D eigenvalue weighted by molar-refractivity contribution is -0.117. The van der Waals surface area contributed by atoms with Crippen LogP contribution in [-0.2, 0) is 11.3 Å². The van der Waals surface area contributed by atoms with Crippen LogP contribution in [0.1, 0.15) is 6.92 Å². The van der Waals surface area contributed by atoms with E-state index in [0.717, 1.165) is 10.9 Å². The largest absolute Gasteiger partial charge is 0.298 e. The second-order valence-electron chi connectivity index (χ2n) is 3.07. The Morgan fingerprint density at radius 2 is 2.43 bits per heavy atom. The first kappa shape index (κ1) is 9.33. The summed E-state index contributed by atoms with van der Waals surface area (Å²) in [4.78, 5) is 14.9. The van der Waals surface area contributed by atoms with E-state index in [2.05, 4.69) is 26.0 Å². The zero-order valence-electron chi connectivity index (χ0n) is 7.57. The maximum atomic E-state index is 10.9. The van der Waals surface area contributed by atoms with Gasteiger partial charge in [0, 0.05) is 17.8 Å². The van der Waals surface area contributed by atoms with E-state index in [4.69, 9.17) is 0 Å². The minimum absolute atomic E-state index is 0.0851. The SMILES string of the molecule is CC(=O)Cn1cc2ccnc(Br)c2n1. The number of carbonyl (C=O) groups excluding carboxylic acids is 1. The van der Waals surface area contributed by atoms with Gasteiger partial charge in [-0.15, -0.1) is 0 Å². The summed E-state index contributed by atoms with van der Waals surface area (Å²) in [5.74, 6) is 0.0851. The molecule has 2 heterocycles. The van der Waals surface area contributed by atoms with Crippen LogP contribution < -0.4 is 0 Å². The fourth-order valence-corrected chi connectivity index (χ4v) is 1.70. The molecule has 0 amide bonds. The van der Waals surface area contributed by atoms with Gasteiger partial charge < -0.3 is 0 Å². The molecule has 0 saturated heterocycles. The molecule has 14 heavy (non-hydrogen) atoms. The highest BCUT2D eigenvalue weighted by Gasteiger charge is 2.05. The van der Waals surface area contributed by atoms with Crippen molar-refractivity contribution in [2.75, 3.05) is 0 Å².